The van der Waals surface area contributed by atoms with Crippen molar-refractivity contribution in [1.29, 1.82) is 0 Å². The Bertz CT molecular complexity index is 623. The summed E-state index contributed by atoms with van der Waals surface area (Å²) >= 11 is 1.77. The first-order chi connectivity index (χ1) is 9.16. The minimum Gasteiger partial charge on any atom is -0.384 e. The summed E-state index contributed by atoms with van der Waals surface area (Å²) in [7, 11) is 0. The molecule has 2 N–H and O–H groups in total. The van der Waals surface area contributed by atoms with Crippen molar-refractivity contribution in [2.75, 3.05) is 12.3 Å². The summed E-state index contributed by atoms with van der Waals surface area (Å²) in [5, 5.41) is 2.09. The largest absolute Gasteiger partial charge is 0.384 e. The van der Waals surface area contributed by atoms with Crippen molar-refractivity contribution in [3.8, 4) is 0 Å². The average Bonchev–Trinajstić information content (AvgIpc) is 2.88. The standard InChI is InChI=1S/C14H15N3OS/c1-9-10-6-8-19-12(10)5-7-17(9)14(18)11-3-2-4-13(15)16-11/h2-4,6,8-9H,5,7H2,1H3,(H2,15,16). The van der Waals surface area contributed by atoms with Gasteiger partial charge in [-0.15, -0.1) is 11.3 Å². The topological polar surface area (TPSA) is 59.2 Å². The van der Waals surface area contributed by atoms with Crippen molar-refractivity contribution in [3.05, 3.63) is 45.8 Å². The summed E-state index contributed by atoms with van der Waals surface area (Å²) in [6, 6.07) is 7.38. The van der Waals surface area contributed by atoms with Crippen molar-refractivity contribution in [1.82, 2.24) is 9.88 Å². The minimum absolute atomic E-state index is 0.0448. The van der Waals surface area contributed by atoms with Gasteiger partial charge in [0.05, 0.1) is 6.04 Å². The van der Waals surface area contributed by atoms with E-state index in [0.29, 0.717) is 11.5 Å². The number of nitrogen functional groups attached to an aromatic ring is 1. The second kappa shape index (κ2) is 4.66. The molecule has 19 heavy (non-hydrogen) atoms. The number of nitrogens with zero attached hydrogens (tertiary/aromatic N) is 2. The molecular weight excluding hydrogens is 258 g/mol. The van der Waals surface area contributed by atoms with Crippen LogP contribution in [0.5, 0.6) is 0 Å². The third-order valence-electron chi connectivity index (χ3n) is 3.53. The van der Waals surface area contributed by atoms with E-state index in [4.69, 9.17) is 5.73 Å². The molecule has 1 aliphatic heterocycles. The SMILES string of the molecule is CC1c2ccsc2CCN1C(=O)c1cccc(N)n1. The first kappa shape index (κ1) is 12.2. The number of rotatable bonds is 1. The molecule has 3 rings (SSSR count). The molecule has 0 aliphatic carbocycles. The number of thiophene rings is 1. The van der Waals surface area contributed by atoms with Gasteiger partial charge in [0, 0.05) is 11.4 Å². The Hall–Kier alpha value is -1.88. The molecule has 98 valence electrons. The number of hydrogen-bond donors (Lipinski definition) is 1. The zero-order valence-corrected chi connectivity index (χ0v) is 11.5. The van der Waals surface area contributed by atoms with Crippen molar-refractivity contribution >= 4 is 23.1 Å². The van der Waals surface area contributed by atoms with Crippen LogP contribution in [0.15, 0.2) is 29.6 Å². The lowest BCUT2D eigenvalue weighted by atomic mass is 10.0. The number of fused-ring (bicyclic) bond motifs is 1. The molecule has 0 aromatic carbocycles. The fourth-order valence-corrected chi connectivity index (χ4v) is 3.47. The lowest BCUT2D eigenvalue weighted by molar-refractivity contribution is 0.0673. The fraction of sp³-hybridized carbons (Fsp3) is 0.286. The number of pyridine rings is 1. The Morgan fingerprint density at radius 2 is 2.32 bits per heavy atom. The molecule has 3 heterocycles. The number of aromatic nitrogens is 1. The van der Waals surface area contributed by atoms with E-state index in [9.17, 15) is 4.79 Å². The molecule has 0 saturated carbocycles. The quantitative estimate of drug-likeness (QED) is 0.868. The molecule has 1 unspecified atom stereocenters. The van der Waals surface area contributed by atoms with Crippen LogP contribution < -0.4 is 5.73 Å². The summed E-state index contributed by atoms with van der Waals surface area (Å²) in [6.45, 7) is 2.80. The number of amides is 1. The van der Waals surface area contributed by atoms with Crippen molar-refractivity contribution in [3.63, 3.8) is 0 Å². The number of nitrogens with two attached hydrogens (primary N) is 1. The maximum absolute atomic E-state index is 12.5. The van der Waals surface area contributed by atoms with Gasteiger partial charge in [-0.3, -0.25) is 4.79 Å². The van der Waals surface area contributed by atoms with Gasteiger partial charge in [-0.05, 0) is 42.5 Å². The Balaban J connectivity index is 1.90. The number of carbonyl (C=O) groups excluding carboxylic acids is 1. The van der Waals surface area contributed by atoms with Crippen LogP contribution in [0.25, 0.3) is 0 Å². The third kappa shape index (κ3) is 2.10. The van der Waals surface area contributed by atoms with Crippen LogP contribution in [0.3, 0.4) is 0 Å². The lowest BCUT2D eigenvalue weighted by Crippen LogP contribution is -2.38. The maximum Gasteiger partial charge on any atom is 0.273 e. The summed E-state index contributed by atoms with van der Waals surface area (Å²) in [4.78, 5) is 19.9. The Morgan fingerprint density at radius 3 is 3.11 bits per heavy atom. The Kier molecular flexibility index (Phi) is 2.98. The van der Waals surface area contributed by atoms with Crippen LogP contribution in [0.4, 0.5) is 5.82 Å². The predicted octanol–water partition coefficient (Wildman–Crippen LogP) is 2.48. The average molecular weight is 273 g/mol. The molecular formula is C14H15N3OS. The minimum atomic E-state index is -0.0448. The molecule has 1 amide bonds. The smallest absolute Gasteiger partial charge is 0.273 e. The van der Waals surface area contributed by atoms with E-state index >= 15 is 0 Å². The van der Waals surface area contributed by atoms with Gasteiger partial charge in [0.1, 0.15) is 11.5 Å². The number of hydrogen-bond acceptors (Lipinski definition) is 4. The molecule has 0 radical (unpaired) electrons. The molecule has 0 fully saturated rings. The summed E-state index contributed by atoms with van der Waals surface area (Å²) < 4.78 is 0. The number of anilines is 1. The number of carbonyl (C=O) groups is 1. The van der Waals surface area contributed by atoms with Crippen molar-refractivity contribution in [2.24, 2.45) is 0 Å². The maximum atomic E-state index is 12.5. The van der Waals surface area contributed by atoms with Crippen LogP contribution in [-0.4, -0.2) is 22.3 Å². The van der Waals surface area contributed by atoms with Crippen LogP contribution in [-0.2, 0) is 6.42 Å². The van der Waals surface area contributed by atoms with Crippen LogP contribution in [0.2, 0.25) is 0 Å². The zero-order valence-electron chi connectivity index (χ0n) is 10.7. The zero-order chi connectivity index (χ0) is 13.4. The van der Waals surface area contributed by atoms with E-state index in [1.165, 1.54) is 10.4 Å². The van der Waals surface area contributed by atoms with Crippen molar-refractivity contribution in [2.45, 2.75) is 19.4 Å². The van der Waals surface area contributed by atoms with E-state index in [2.05, 4.69) is 23.4 Å². The molecule has 1 atom stereocenters. The van der Waals surface area contributed by atoms with Gasteiger partial charge in [-0.25, -0.2) is 4.98 Å². The summed E-state index contributed by atoms with van der Waals surface area (Å²) in [5.74, 6) is 0.336. The fourth-order valence-electron chi connectivity index (χ4n) is 2.50. The third-order valence-corrected chi connectivity index (χ3v) is 4.52. The van der Waals surface area contributed by atoms with Crippen LogP contribution in [0, 0.1) is 0 Å². The first-order valence-electron chi connectivity index (χ1n) is 6.26. The van der Waals surface area contributed by atoms with E-state index in [1.54, 1.807) is 29.5 Å². The molecule has 0 spiro atoms. The van der Waals surface area contributed by atoms with Gasteiger partial charge in [-0.2, -0.15) is 0 Å². The van der Waals surface area contributed by atoms with Gasteiger partial charge in [-0.1, -0.05) is 6.07 Å². The van der Waals surface area contributed by atoms with Crippen LogP contribution >= 0.6 is 11.3 Å². The van der Waals surface area contributed by atoms with E-state index in [1.807, 2.05) is 4.90 Å². The van der Waals surface area contributed by atoms with Gasteiger partial charge in [0.25, 0.3) is 5.91 Å². The molecule has 2 aromatic rings. The van der Waals surface area contributed by atoms with Gasteiger partial charge < -0.3 is 10.6 Å². The van der Waals surface area contributed by atoms with Gasteiger partial charge in [0.15, 0.2) is 0 Å². The first-order valence-corrected chi connectivity index (χ1v) is 7.14. The predicted molar refractivity (Wildman–Crippen MR) is 76.1 cm³/mol. The second-order valence-electron chi connectivity index (χ2n) is 4.67. The lowest BCUT2D eigenvalue weighted by Gasteiger charge is -2.33. The molecule has 5 heteroatoms. The van der Waals surface area contributed by atoms with Gasteiger partial charge >= 0.3 is 0 Å². The Morgan fingerprint density at radius 1 is 1.47 bits per heavy atom. The van der Waals surface area contributed by atoms with Crippen molar-refractivity contribution < 1.29 is 4.79 Å². The van der Waals surface area contributed by atoms with Crippen LogP contribution in [0.1, 0.15) is 33.9 Å². The Labute approximate surface area is 115 Å². The molecule has 0 bridgehead atoms. The van der Waals surface area contributed by atoms with Gasteiger partial charge in [0.2, 0.25) is 0 Å². The van der Waals surface area contributed by atoms with E-state index in [-0.39, 0.29) is 11.9 Å². The second-order valence-corrected chi connectivity index (χ2v) is 5.67. The molecule has 1 aliphatic rings. The molecule has 2 aromatic heterocycles. The highest BCUT2D eigenvalue weighted by Crippen LogP contribution is 2.33. The monoisotopic (exact) mass is 273 g/mol. The highest BCUT2D eigenvalue weighted by atomic mass is 32.1. The normalized spacial score (nSPS) is 18.2. The summed E-state index contributed by atoms with van der Waals surface area (Å²) in [5.41, 5.74) is 7.32. The molecule has 4 nitrogen and oxygen atoms in total. The van der Waals surface area contributed by atoms with E-state index < -0.39 is 0 Å². The highest BCUT2D eigenvalue weighted by molar-refractivity contribution is 7.10. The summed E-state index contributed by atoms with van der Waals surface area (Å²) in [6.07, 6.45) is 0.922. The van der Waals surface area contributed by atoms with E-state index in [0.717, 1.165) is 13.0 Å². The molecule has 0 saturated heterocycles. The highest BCUT2D eigenvalue weighted by Gasteiger charge is 2.29.